The molecule has 0 amide bonds. The van der Waals surface area contributed by atoms with E-state index >= 15 is 0 Å². The van der Waals surface area contributed by atoms with Gasteiger partial charge in [-0.2, -0.15) is 13.2 Å². The van der Waals surface area contributed by atoms with Gasteiger partial charge < -0.3 is 10.6 Å². The van der Waals surface area contributed by atoms with Gasteiger partial charge in [0.15, 0.2) is 0 Å². The highest BCUT2D eigenvalue weighted by molar-refractivity contribution is 5.74. The highest BCUT2D eigenvalue weighted by Crippen LogP contribution is 2.38. The van der Waals surface area contributed by atoms with Gasteiger partial charge in [0.1, 0.15) is 6.33 Å². The Bertz CT molecular complexity index is 781. The Morgan fingerprint density at radius 1 is 1.19 bits per heavy atom. The number of anilines is 3. The van der Waals surface area contributed by atoms with Gasteiger partial charge in [0.25, 0.3) is 0 Å². The second kappa shape index (κ2) is 7.98. The normalized spacial score (nSPS) is 11.5. The average molecular weight is 369 g/mol. The van der Waals surface area contributed by atoms with Gasteiger partial charge in [-0.3, -0.25) is 10.1 Å². The molecular weight excluding hydrogens is 351 g/mol. The zero-order chi connectivity index (χ0) is 19.3. The van der Waals surface area contributed by atoms with Crippen LogP contribution in [0.5, 0.6) is 0 Å². The summed E-state index contributed by atoms with van der Waals surface area (Å²) < 4.78 is 39.3. The Balaban J connectivity index is 2.37. The van der Waals surface area contributed by atoms with Crippen LogP contribution >= 0.6 is 0 Å². The third-order valence-electron chi connectivity index (χ3n) is 3.50. The van der Waals surface area contributed by atoms with E-state index in [1.165, 1.54) is 18.2 Å². The number of hydrogen-bond acceptors (Lipinski definition) is 6. The molecule has 0 aliphatic rings. The maximum Gasteiger partial charge on any atom is 0.418 e. The smallest absolute Gasteiger partial charge is 0.364 e. The number of aromatic nitrogens is 2. The van der Waals surface area contributed by atoms with E-state index in [4.69, 9.17) is 0 Å². The number of halogens is 3. The van der Waals surface area contributed by atoms with Crippen LogP contribution in [-0.2, 0) is 6.18 Å². The first-order valence-corrected chi connectivity index (χ1v) is 7.86. The van der Waals surface area contributed by atoms with E-state index in [0.29, 0.717) is 12.5 Å². The second-order valence-corrected chi connectivity index (χ2v) is 5.95. The van der Waals surface area contributed by atoms with Crippen molar-refractivity contribution < 1.29 is 18.1 Å². The molecule has 1 aromatic carbocycles. The molecule has 0 spiro atoms. The lowest BCUT2D eigenvalue weighted by molar-refractivity contribution is -0.383. The van der Waals surface area contributed by atoms with Crippen LogP contribution in [0.2, 0.25) is 0 Å². The summed E-state index contributed by atoms with van der Waals surface area (Å²) in [6.45, 7) is 4.43. The van der Waals surface area contributed by atoms with Crippen LogP contribution in [0, 0.1) is 16.0 Å². The second-order valence-electron chi connectivity index (χ2n) is 5.95. The Labute approximate surface area is 147 Å². The molecule has 0 saturated carbocycles. The Kier molecular flexibility index (Phi) is 5.96. The number of hydrogen-bond donors (Lipinski definition) is 2. The minimum Gasteiger partial charge on any atom is -0.364 e. The summed E-state index contributed by atoms with van der Waals surface area (Å²) in [5.74, 6) is 0.0195. The predicted molar refractivity (Wildman–Crippen MR) is 91.4 cm³/mol. The molecule has 0 aliphatic carbocycles. The fourth-order valence-corrected chi connectivity index (χ4v) is 2.22. The molecule has 140 valence electrons. The highest BCUT2D eigenvalue weighted by Gasteiger charge is 2.34. The molecule has 0 unspecified atom stereocenters. The van der Waals surface area contributed by atoms with Crippen molar-refractivity contribution in [2.24, 2.45) is 5.92 Å². The van der Waals surface area contributed by atoms with E-state index in [9.17, 15) is 23.3 Å². The number of alkyl halides is 3. The van der Waals surface area contributed by atoms with E-state index in [1.54, 1.807) is 0 Å². The summed E-state index contributed by atoms with van der Waals surface area (Å²) in [6, 6.07) is 4.70. The number of nitrogens with zero attached hydrogens (tertiary/aromatic N) is 3. The van der Waals surface area contributed by atoms with Crippen LogP contribution in [0.25, 0.3) is 0 Å². The molecule has 0 radical (unpaired) electrons. The largest absolute Gasteiger partial charge is 0.418 e. The van der Waals surface area contributed by atoms with E-state index in [0.717, 1.165) is 18.8 Å². The van der Waals surface area contributed by atoms with Crippen molar-refractivity contribution >= 4 is 23.0 Å². The predicted octanol–water partition coefficient (Wildman–Crippen LogP) is 4.61. The Morgan fingerprint density at radius 2 is 1.85 bits per heavy atom. The van der Waals surface area contributed by atoms with Crippen LogP contribution in [0.1, 0.15) is 25.8 Å². The van der Waals surface area contributed by atoms with E-state index in [-0.39, 0.29) is 17.3 Å². The summed E-state index contributed by atoms with van der Waals surface area (Å²) in [5, 5.41) is 16.7. The van der Waals surface area contributed by atoms with Crippen molar-refractivity contribution in [3.05, 3.63) is 46.3 Å². The molecule has 0 fully saturated rings. The monoisotopic (exact) mass is 369 g/mol. The van der Waals surface area contributed by atoms with Gasteiger partial charge in [-0.1, -0.05) is 26.0 Å². The molecule has 1 heterocycles. The van der Waals surface area contributed by atoms with Crippen molar-refractivity contribution in [1.82, 2.24) is 9.97 Å². The van der Waals surface area contributed by atoms with Gasteiger partial charge in [0.05, 0.1) is 16.2 Å². The van der Waals surface area contributed by atoms with Crippen molar-refractivity contribution in [3.63, 3.8) is 0 Å². The molecule has 10 heteroatoms. The van der Waals surface area contributed by atoms with Crippen LogP contribution in [0.4, 0.5) is 36.2 Å². The molecule has 1 aromatic heterocycles. The third kappa shape index (κ3) is 4.80. The van der Waals surface area contributed by atoms with Crippen molar-refractivity contribution in [2.45, 2.75) is 26.4 Å². The minimum atomic E-state index is -4.61. The molecule has 2 rings (SSSR count). The first kappa shape index (κ1) is 19.4. The first-order valence-electron chi connectivity index (χ1n) is 7.86. The van der Waals surface area contributed by atoms with Gasteiger partial charge in [0, 0.05) is 6.54 Å². The topological polar surface area (TPSA) is 93.0 Å². The van der Waals surface area contributed by atoms with Gasteiger partial charge in [-0.25, -0.2) is 9.97 Å². The minimum absolute atomic E-state index is 0.0439. The molecule has 0 aliphatic heterocycles. The standard InChI is InChI=1S/C16H18F3N5O2/c1-10(2)7-8-20-14-13(24(25)26)15(22-9-21-14)23-12-6-4-3-5-11(12)16(17,18)19/h3-6,9-10H,7-8H2,1-2H3,(H2,20,21,22,23). The maximum atomic E-state index is 13.1. The quantitative estimate of drug-likeness (QED) is 0.547. The number of para-hydroxylation sites is 1. The lowest BCUT2D eigenvalue weighted by Gasteiger charge is -2.14. The Hall–Kier alpha value is -2.91. The zero-order valence-electron chi connectivity index (χ0n) is 14.2. The van der Waals surface area contributed by atoms with E-state index in [2.05, 4.69) is 20.6 Å². The lowest BCUT2D eigenvalue weighted by atomic mass is 10.1. The number of rotatable bonds is 7. The van der Waals surface area contributed by atoms with Gasteiger partial charge >= 0.3 is 11.9 Å². The van der Waals surface area contributed by atoms with Gasteiger partial charge in [-0.15, -0.1) is 0 Å². The summed E-state index contributed by atoms with van der Waals surface area (Å²) in [7, 11) is 0. The number of benzene rings is 1. The van der Waals surface area contributed by atoms with Crippen LogP contribution in [0.15, 0.2) is 30.6 Å². The highest BCUT2D eigenvalue weighted by atomic mass is 19.4. The Morgan fingerprint density at radius 3 is 2.46 bits per heavy atom. The fraction of sp³-hybridized carbons (Fsp3) is 0.375. The van der Waals surface area contributed by atoms with Gasteiger partial charge in [0.2, 0.25) is 11.6 Å². The van der Waals surface area contributed by atoms with Crippen LogP contribution in [-0.4, -0.2) is 21.4 Å². The summed E-state index contributed by atoms with van der Waals surface area (Å²) >= 11 is 0. The lowest BCUT2D eigenvalue weighted by Crippen LogP contribution is -2.12. The van der Waals surface area contributed by atoms with E-state index < -0.39 is 22.4 Å². The van der Waals surface area contributed by atoms with Gasteiger partial charge in [-0.05, 0) is 24.5 Å². The average Bonchev–Trinajstić information content (AvgIpc) is 2.54. The SMILES string of the molecule is CC(C)CCNc1ncnc(Nc2ccccc2C(F)(F)F)c1[N+](=O)[O-]. The van der Waals surface area contributed by atoms with Crippen molar-refractivity contribution in [3.8, 4) is 0 Å². The molecule has 2 N–H and O–H groups in total. The summed E-state index contributed by atoms with van der Waals surface area (Å²) in [6.07, 6.45) is -2.80. The molecule has 2 aromatic rings. The third-order valence-corrected chi connectivity index (χ3v) is 3.50. The van der Waals surface area contributed by atoms with Crippen LogP contribution < -0.4 is 10.6 Å². The molecular formula is C16H18F3N5O2. The van der Waals surface area contributed by atoms with Crippen molar-refractivity contribution in [1.29, 1.82) is 0 Å². The molecule has 0 atom stereocenters. The fourth-order valence-electron chi connectivity index (χ4n) is 2.22. The summed E-state index contributed by atoms with van der Waals surface area (Å²) in [4.78, 5) is 18.3. The van der Waals surface area contributed by atoms with E-state index in [1.807, 2.05) is 13.8 Å². The molecule has 26 heavy (non-hydrogen) atoms. The van der Waals surface area contributed by atoms with Crippen LogP contribution in [0.3, 0.4) is 0 Å². The maximum absolute atomic E-state index is 13.1. The summed E-state index contributed by atoms with van der Waals surface area (Å²) in [5.41, 5.74) is -1.77. The van der Waals surface area contributed by atoms with Crippen molar-refractivity contribution in [2.75, 3.05) is 17.2 Å². The number of nitrogens with one attached hydrogen (secondary N) is 2. The zero-order valence-corrected chi connectivity index (χ0v) is 14.2. The molecule has 7 nitrogen and oxygen atoms in total. The molecule has 0 bridgehead atoms. The first-order chi connectivity index (χ1) is 12.2. The number of nitro groups is 1. The molecule has 0 saturated heterocycles.